The first-order valence-electron chi connectivity index (χ1n) is 4.72. The molecule has 15 heavy (non-hydrogen) atoms. The van der Waals surface area contributed by atoms with Crippen LogP contribution in [0.25, 0.3) is 0 Å². The molecule has 5 atom stereocenters. The van der Waals surface area contributed by atoms with E-state index in [0.717, 1.165) is 0 Å². The van der Waals surface area contributed by atoms with Gasteiger partial charge in [-0.05, 0) is 0 Å². The van der Waals surface area contributed by atoms with Gasteiger partial charge in [0.15, 0.2) is 0 Å². The Bertz CT molecular complexity index is 261. The molecular weight excluding hydrogens is 286 g/mol. The van der Waals surface area contributed by atoms with Crippen LogP contribution in [0.1, 0.15) is 13.8 Å². The first kappa shape index (κ1) is 13.7. The topological polar surface area (TPSA) is 65.0 Å². The van der Waals surface area contributed by atoms with Crippen LogP contribution < -0.4 is 0 Å². The van der Waals surface area contributed by atoms with Crippen LogP contribution in [0.2, 0.25) is 0 Å². The first-order chi connectivity index (χ1) is 6.87. The Morgan fingerprint density at radius 2 is 2.13 bits per heavy atom. The maximum atomic E-state index is 11.4. The summed E-state index contributed by atoms with van der Waals surface area (Å²) in [5, 5.41) is 9.63. The van der Waals surface area contributed by atoms with Crippen molar-refractivity contribution in [3.63, 3.8) is 0 Å². The minimum atomic E-state index is -3.08. The number of aliphatic hydroxyl groups is 1. The number of hydrogen-bond donors (Lipinski definition) is 1. The molecule has 0 spiro atoms. The maximum absolute atomic E-state index is 11.4. The Hall–Kier alpha value is 0.589. The van der Waals surface area contributed by atoms with Crippen molar-refractivity contribution in [1.29, 1.82) is 0 Å². The van der Waals surface area contributed by atoms with Gasteiger partial charge in [-0.2, -0.15) is 0 Å². The van der Waals surface area contributed by atoms with Gasteiger partial charge in [-0.25, -0.2) is 0 Å². The van der Waals surface area contributed by atoms with E-state index < -0.39 is 12.4 Å². The van der Waals surface area contributed by atoms with Crippen molar-refractivity contribution in [3.8, 4) is 0 Å². The van der Waals surface area contributed by atoms with Crippen molar-refractivity contribution < 1.29 is 23.5 Å². The van der Waals surface area contributed by atoms with Gasteiger partial charge in [0.25, 0.3) is 0 Å². The summed E-state index contributed by atoms with van der Waals surface area (Å²) in [7, 11) is 1.31. The number of rotatable bonds is 4. The van der Waals surface area contributed by atoms with Gasteiger partial charge in [0.05, 0.1) is 0 Å². The second-order valence-electron chi connectivity index (χ2n) is 3.65. The van der Waals surface area contributed by atoms with E-state index in [1.54, 1.807) is 6.92 Å². The van der Waals surface area contributed by atoms with Crippen LogP contribution in [0.5, 0.6) is 0 Å². The van der Waals surface area contributed by atoms with Crippen LogP contribution in [0.15, 0.2) is 0 Å². The number of aliphatic hydroxyl groups excluding tert-OH is 1. The average Bonchev–Trinajstić information content (AvgIpc) is 2.43. The van der Waals surface area contributed by atoms with Crippen LogP contribution in [-0.4, -0.2) is 52.7 Å². The fourth-order valence-electron chi connectivity index (χ4n) is 1.54. The standard InChI is InChI=1S/C8H17O5PSe/c1-5-7(13-6(2)8(5)9)4-12-14(10,15)11-3/h5-9H,4H2,1-3H3,(H,10,15)/p-1/t5-,6+,7-,8+,14?/m1/s1. The monoisotopic (exact) mass is 303 g/mol. The van der Waals surface area contributed by atoms with E-state index in [9.17, 15) is 9.67 Å². The first-order valence-corrected chi connectivity index (χ1v) is 8.48. The molecule has 1 unspecified atom stereocenters. The van der Waals surface area contributed by atoms with Crippen LogP contribution >= 0.6 is 6.29 Å². The van der Waals surface area contributed by atoms with Crippen molar-refractivity contribution in [2.24, 2.45) is 5.92 Å². The Kier molecular flexibility index (Phi) is 4.81. The third-order valence-electron chi connectivity index (χ3n) is 2.62. The fraction of sp³-hybridized carbons (Fsp3) is 1.00. The fourth-order valence-corrected chi connectivity index (χ4v) is 2.35. The van der Waals surface area contributed by atoms with Gasteiger partial charge in [-0.1, -0.05) is 0 Å². The molecule has 1 rings (SSSR count). The molecule has 0 amide bonds. The molecule has 1 saturated heterocycles. The van der Waals surface area contributed by atoms with E-state index in [1.165, 1.54) is 7.11 Å². The zero-order chi connectivity index (χ0) is 11.6. The zero-order valence-electron chi connectivity index (χ0n) is 8.95. The summed E-state index contributed by atoms with van der Waals surface area (Å²) in [5.74, 6) is -0.0307. The summed E-state index contributed by atoms with van der Waals surface area (Å²) < 4.78 is 26.6. The Labute approximate surface area is 97.4 Å². The molecule has 90 valence electrons. The van der Waals surface area contributed by atoms with Crippen molar-refractivity contribution in [2.75, 3.05) is 13.7 Å². The summed E-state index contributed by atoms with van der Waals surface area (Å²) in [5.41, 5.74) is 0. The van der Waals surface area contributed by atoms with Gasteiger partial charge in [0, 0.05) is 0 Å². The van der Waals surface area contributed by atoms with E-state index in [1.807, 2.05) is 6.92 Å². The molecule has 1 N–H and O–H groups in total. The van der Waals surface area contributed by atoms with E-state index in [0.29, 0.717) is 0 Å². The average molecular weight is 302 g/mol. The predicted octanol–water partition coefficient (Wildman–Crippen LogP) is 0.710. The van der Waals surface area contributed by atoms with Gasteiger partial charge < -0.3 is 0 Å². The summed E-state index contributed by atoms with van der Waals surface area (Å²) in [4.78, 5) is 0. The molecule has 5 nitrogen and oxygen atoms in total. The summed E-state index contributed by atoms with van der Waals surface area (Å²) in [6.07, 6.45) is -4.03. The van der Waals surface area contributed by atoms with Crippen molar-refractivity contribution in [2.45, 2.75) is 32.2 Å². The number of ether oxygens (including phenoxy) is 1. The Morgan fingerprint density at radius 1 is 1.53 bits per heavy atom. The predicted molar refractivity (Wildman–Crippen MR) is 55.8 cm³/mol. The molecule has 0 aromatic carbocycles. The SMILES string of the molecule is COP(=O)([Se-])OC[C@H]1O[C@@H](C)[C@@H](O)[C@@H]1C. The summed E-state index contributed by atoms with van der Waals surface area (Å²) in [6.45, 7) is 3.83. The van der Waals surface area contributed by atoms with Gasteiger partial charge in [-0.15, -0.1) is 0 Å². The normalized spacial score (nSPS) is 40.3. The van der Waals surface area contributed by atoms with E-state index in [4.69, 9.17) is 9.26 Å². The van der Waals surface area contributed by atoms with Gasteiger partial charge in [-0.3, -0.25) is 0 Å². The van der Waals surface area contributed by atoms with Crippen molar-refractivity contribution in [1.82, 2.24) is 0 Å². The van der Waals surface area contributed by atoms with Crippen molar-refractivity contribution in [3.05, 3.63) is 0 Å². The van der Waals surface area contributed by atoms with Crippen LogP contribution in [0.4, 0.5) is 0 Å². The van der Waals surface area contributed by atoms with Crippen LogP contribution in [0, 0.1) is 5.92 Å². The van der Waals surface area contributed by atoms with Gasteiger partial charge in [0.2, 0.25) is 0 Å². The number of hydrogen-bond acceptors (Lipinski definition) is 5. The second kappa shape index (κ2) is 5.28. The second-order valence-corrected chi connectivity index (χ2v) is 7.99. The van der Waals surface area contributed by atoms with E-state index in [2.05, 4.69) is 20.1 Å². The Morgan fingerprint density at radius 3 is 2.53 bits per heavy atom. The van der Waals surface area contributed by atoms with Gasteiger partial charge >= 0.3 is 97.1 Å². The molecule has 1 fully saturated rings. The van der Waals surface area contributed by atoms with E-state index in [-0.39, 0.29) is 24.7 Å². The third kappa shape index (κ3) is 3.53. The van der Waals surface area contributed by atoms with Crippen LogP contribution in [0.3, 0.4) is 0 Å². The van der Waals surface area contributed by atoms with Crippen LogP contribution in [-0.2, 0) is 18.3 Å². The third-order valence-corrected chi connectivity index (χ3v) is 5.13. The Balaban J connectivity index is 2.44. The molecule has 1 aliphatic rings. The summed E-state index contributed by atoms with van der Waals surface area (Å²) >= 11 is 2.36. The van der Waals surface area contributed by atoms with E-state index >= 15 is 0 Å². The molecular formula is C8H16O5PSe-. The summed E-state index contributed by atoms with van der Waals surface area (Å²) in [6, 6.07) is 0. The quantitative estimate of drug-likeness (QED) is 0.612. The molecule has 0 aliphatic carbocycles. The van der Waals surface area contributed by atoms with Crippen molar-refractivity contribution >= 4 is 21.9 Å². The zero-order valence-corrected chi connectivity index (χ0v) is 11.6. The molecule has 1 aliphatic heterocycles. The molecule has 0 aromatic rings. The molecule has 1 heterocycles. The molecule has 0 bridgehead atoms. The molecule has 0 radical (unpaired) electrons. The molecule has 0 saturated carbocycles. The molecule has 7 heteroatoms. The van der Waals surface area contributed by atoms with Gasteiger partial charge in [0.1, 0.15) is 0 Å². The minimum absolute atomic E-state index is 0.0307. The molecule has 0 aromatic heterocycles.